The molecule has 0 fully saturated rings. The Bertz CT molecular complexity index is 369. The van der Waals surface area contributed by atoms with Crippen LogP contribution in [-0.4, -0.2) is 21.7 Å². The Morgan fingerprint density at radius 2 is 2.14 bits per heavy atom. The maximum Gasteiger partial charge on any atom is 0.245 e. The predicted molar refractivity (Wildman–Crippen MR) is 56.4 cm³/mol. The van der Waals surface area contributed by atoms with Crippen LogP contribution in [0.1, 0.15) is 13.3 Å². The molecule has 14 heavy (non-hydrogen) atoms. The Balaban J connectivity index is 2.56. The van der Waals surface area contributed by atoms with E-state index in [1.807, 2.05) is 0 Å². The van der Waals surface area contributed by atoms with Crippen LogP contribution in [0.4, 0.5) is 5.82 Å². The molecule has 0 radical (unpaired) electrons. The number of hydrogen-bond acceptors (Lipinski definition) is 4. The average Bonchev–Trinajstić information content (AvgIpc) is 2.18. The van der Waals surface area contributed by atoms with Gasteiger partial charge in [-0.15, -0.1) is 22.0 Å². The van der Waals surface area contributed by atoms with Crippen LogP contribution in [0.3, 0.4) is 0 Å². The topological polar surface area (TPSA) is 50.7 Å². The molecule has 4 nitrogen and oxygen atoms in total. The highest BCUT2D eigenvalue weighted by molar-refractivity contribution is 6.32. The van der Waals surface area contributed by atoms with Crippen LogP contribution in [0.15, 0.2) is 0 Å². The monoisotopic (exact) mass is 230 g/mol. The SMILES string of the molecule is CC#CCCNc1nc(Cl)nnc1Cl. The fraction of sp³-hybridized carbons (Fsp3) is 0.375. The van der Waals surface area contributed by atoms with E-state index in [2.05, 4.69) is 32.3 Å². The second kappa shape index (κ2) is 5.63. The molecule has 1 N–H and O–H groups in total. The molecule has 0 aliphatic carbocycles. The number of hydrogen-bond donors (Lipinski definition) is 1. The molecule has 1 heterocycles. The van der Waals surface area contributed by atoms with Crippen molar-refractivity contribution in [1.82, 2.24) is 15.2 Å². The summed E-state index contributed by atoms with van der Waals surface area (Å²) in [6, 6.07) is 0. The molecule has 1 rings (SSSR count). The zero-order valence-electron chi connectivity index (χ0n) is 7.51. The van der Waals surface area contributed by atoms with Gasteiger partial charge in [-0.25, -0.2) is 0 Å². The van der Waals surface area contributed by atoms with Crippen LogP contribution in [0.2, 0.25) is 10.4 Å². The third kappa shape index (κ3) is 3.36. The van der Waals surface area contributed by atoms with Crippen molar-refractivity contribution in [3.05, 3.63) is 10.4 Å². The molecular formula is C8H8Cl2N4. The molecule has 0 saturated heterocycles. The van der Waals surface area contributed by atoms with E-state index in [1.54, 1.807) is 6.92 Å². The van der Waals surface area contributed by atoms with Crippen molar-refractivity contribution in [2.24, 2.45) is 0 Å². The first-order valence-electron chi connectivity index (χ1n) is 3.93. The van der Waals surface area contributed by atoms with E-state index in [9.17, 15) is 0 Å². The first-order valence-corrected chi connectivity index (χ1v) is 4.69. The highest BCUT2D eigenvalue weighted by atomic mass is 35.5. The van der Waals surface area contributed by atoms with Crippen LogP contribution >= 0.6 is 23.2 Å². The fourth-order valence-corrected chi connectivity index (χ4v) is 1.04. The van der Waals surface area contributed by atoms with Crippen molar-refractivity contribution in [3.63, 3.8) is 0 Å². The largest absolute Gasteiger partial charge is 0.366 e. The van der Waals surface area contributed by atoms with Gasteiger partial charge in [0, 0.05) is 13.0 Å². The van der Waals surface area contributed by atoms with Gasteiger partial charge in [-0.2, -0.15) is 4.98 Å². The van der Waals surface area contributed by atoms with E-state index in [0.717, 1.165) is 0 Å². The van der Waals surface area contributed by atoms with Crippen molar-refractivity contribution in [1.29, 1.82) is 0 Å². The van der Waals surface area contributed by atoms with Crippen molar-refractivity contribution < 1.29 is 0 Å². The molecule has 1 aromatic heterocycles. The number of halogens is 2. The third-order valence-electron chi connectivity index (χ3n) is 1.34. The number of anilines is 1. The van der Waals surface area contributed by atoms with Crippen molar-refractivity contribution >= 4 is 29.0 Å². The quantitative estimate of drug-likeness (QED) is 0.638. The van der Waals surface area contributed by atoms with E-state index in [1.165, 1.54) is 0 Å². The Labute approximate surface area is 92.0 Å². The Morgan fingerprint density at radius 3 is 2.86 bits per heavy atom. The van der Waals surface area contributed by atoms with Gasteiger partial charge in [-0.3, -0.25) is 0 Å². The van der Waals surface area contributed by atoms with Crippen molar-refractivity contribution in [3.8, 4) is 11.8 Å². The van der Waals surface area contributed by atoms with Gasteiger partial charge in [0.05, 0.1) is 0 Å². The molecule has 6 heteroatoms. The summed E-state index contributed by atoms with van der Waals surface area (Å²) in [5.74, 6) is 6.12. The van der Waals surface area contributed by atoms with Crippen LogP contribution in [0, 0.1) is 11.8 Å². The molecule has 1 aromatic rings. The predicted octanol–water partition coefficient (Wildman–Crippen LogP) is 2.00. The Kier molecular flexibility index (Phi) is 4.44. The zero-order valence-corrected chi connectivity index (χ0v) is 9.02. The molecule has 0 amide bonds. The average molecular weight is 231 g/mol. The van der Waals surface area contributed by atoms with E-state index < -0.39 is 0 Å². The minimum atomic E-state index is 0.0680. The van der Waals surface area contributed by atoms with Crippen molar-refractivity contribution in [2.45, 2.75) is 13.3 Å². The number of rotatable bonds is 3. The minimum absolute atomic E-state index is 0.0680. The van der Waals surface area contributed by atoms with Gasteiger partial charge in [-0.05, 0) is 18.5 Å². The maximum absolute atomic E-state index is 5.72. The highest BCUT2D eigenvalue weighted by Gasteiger charge is 2.03. The number of nitrogens with one attached hydrogen (secondary N) is 1. The number of aromatic nitrogens is 3. The standard InChI is InChI=1S/C8H8Cl2N4/c1-2-3-4-5-11-7-6(9)13-14-8(10)12-7/h4-5H2,1H3,(H,11,12,14). The lowest BCUT2D eigenvalue weighted by molar-refractivity contribution is 0.956. The Hall–Kier alpha value is -1.05. The summed E-state index contributed by atoms with van der Waals surface area (Å²) in [6.07, 6.45) is 0.717. The summed E-state index contributed by atoms with van der Waals surface area (Å²) in [5.41, 5.74) is 0. The van der Waals surface area contributed by atoms with Crippen LogP contribution in [-0.2, 0) is 0 Å². The summed E-state index contributed by atoms with van der Waals surface area (Å²) >= 11 is 11.3. The number of nitrogens with zero attached hydrogens (tertiary/aromatic N) is 3. The second-order valence-electron chi connectivity index (χ2n) is 2.32. The minimum Gasteiger partial charge on any atom is -0.366 e. The van der Waals surface area contributed by atoms with Gasteiger partial charge in [0.15, 0.2) is 11.0 Å². The van der Waals surface area contributed by atoms with Gasteiger partial charge in [0.25, 0.3) is 0 Å². The lowest BCUT2D eigenvalue weighted by Gasteiger charge is -2.03. The lowest BCUT2D eigenvalue weighted by atomic mass is 10.4. The lowest BCUT2D eigenvalue weighted by Crippen LogP contribution is -2.05. The van der Waals surface area contributed by atoms with Gasteiger partial charge >= 0.3 is 0 Å². The molecule has 74 valence electrons. The van der Waals surface area contributed by atoms with Gasteiger partial charge < -0.3 is 5.32 Å². The van der Waals surface area contributed by atoms with E-state index in [0.29, 0.717) is 18.8 Å². The molecule has 0 aliphatic rings. The van der Waals surface area contributed by atoms with Gasteiger partial charge in [-0.1, -0.05) is 11.6 Å². The smallest absolute Gasteiger partial charge is 0.245 e. The molecule has 0 aliphatic heterocycles. The Morgan fingerprint density at radius 1 is 1.36 bits per heavy atom. The molecule has 0 spiro atoms. The van der Waals surface area contributed by atoms with Crippen molar-refractivity contribution in [2.75, 3.05) is 11.9 Å². The van der Waals surface area contributed by atoms with Crippen LogP contribution < -0.4 is 5.32 Å². The maximum atomic E-state index is 5.72. The summed E-state index contributed by atoms with van der Waals surface area (Å²) < 4.78 is 0. The van der Waals surface area contributed by atoms with E-state index in [4.69, 9.17) is 23.2 Å². The molecular weight excluding hydrogens is 223 g/mol. The summed E-state index contributed by atoms with van der Waals surface area (Å²) in [6.45, 7) is 2.44. The molecule has 0 bridgehead atoms. The summed E-state index contributed by atoms with van der Waals surface area (Å²) in [7, 11) is 0. The molecule has 0 unspecified atom stereocenters. The molecule has 0 atom stereocenters. The fourth-order valence-electron chi connectivity index (χ4n) is 0.774. The first-order chi connectivity index (χ1) is 6.74. The third-order valence-corrected chi connectivity index (χ3v) is 1.75. The van der Waals surface area contributed by atoms with E-state index in [-0.39, 0.29) is 10.4 Å². The highest BCUT2D eigenvalue weighted by Crippen LogP contribution is 2.15. The first kappa shape index (κ1) is 11.0. The second-order valence-corrected chi connectivity index (χ2v) is 3.02. The van der Waals surface area contributed by atoms with Gasteiger partial charge in [0.2, 0.25) is 5.28 Å². The summed E-state index contributed by atoms with van der Waals surface area (Å²) in [4.78, 5) is 3.87. The van der Waals surface area contributed by atoms with Crippen LogP contribution in [0.25, 0.3) is 0 Å². The zero-order chi connectivity index (χ0) is 10.4. The molecule has 0 aromatic carbocycles. The molecule has 0 saturated carbocycles. The van der Waals surface area contributed by atoms with E-state index >= 15 is 0 Å². The normalized spacial score (nSPS) is 9.07. The summed E-state index contributed by atoms with van der Waals surface area (Å²) in [5, 5.41) is 10.3. The van der Waals surface area contributed by atoms with Crippen LogP contribution in [0.5, 0.6) is 0 Å². The van der Waals surface area contributed by atoms with Gasteiger partial charge in [0.1, 0.15) is 0 Å².